The molecule has 6 heteroatoms. The number of ketones is 1. The number of halogens is 1. The largest absolute Gasteiger partial charge is 0.342 e. The van der Waals surface area contributed by atoms with E-state index in [1.807, 2.05) is 19.9 Å². The molecule has 1 saturated carbocycles. The molecule has 3 aliphatic rings. The van der Waals surface area contributed by atoms with E-state index in [2.05, 4.69) is 11.0 Å². The third kappa shape index (κ3) is 5.17. The Morgan fingerprint density at radius 3 is 2.50 bits per heavy atom. The summed E-state index contributed by atoms with van der Waals surface area (Å²) in [5, 5.41) is 2.90. The van der Waals surface area contributed by atoms with Gasteiger partial charge in [-0.3, -0.25) is 14.4 Å². The molecule has 2 atom stereocenters. The zero-order chi connectivity index (χ0) is 24.2. The molecule has 34 heavy (non-hydrogen) atoms. The van der Waals surface area contributed by atoms with Crippen molar-refractivity contribution < 1.29 is 20.2 Å². The molecule has 1 aliphatic heterocycles. The van der Waals surface area contributed by atoms with Gasteiger partial charge in [-0.2, -0.15) is 0 Å². The van der Waals surface area contributed by atoms with Gasteiger partial charge in [-0.1, -0.05) is 45.2 Å². The maximum absolute atomic E-state index is 15.7. The number of carbonyl (C=O) groups is 3. The summed E-state index contributed by atoms with van der Waals surface area (Å²) in [6.07, 6.45) is 9.09. The highest BCUT2D eigenvalue weighted by molar-refractivity contribution is 5.99. The van der Waals surface area contributed by atoms with Gasteiger partial charge in [0.25, 0.3) is 11.8 Å². The summed E-state index contributed by atoms with van der Waals surface area (Å²) in [6.45, 7) is 4.78. The predicted octanol–water partition coefficient (Wildman–Crippen LogP) is 5.17. The van der Waals surface area contributed by atoms with Gasteiger partial charge in [-0.15, -0.1) is 5.73 Å². The van der Waals surface area contributed by atoms with Gasteiger partial charge in [0, 0.05) is 32.8 Å². The topological polar surface area (TPSA) is 66.5 Å². The molecule has 0 aromatic heterocycles. The van der Waals surface area contributed by atoms with Crippen molar-refractivity contribution in [1.82, 2.24) is 10.2 Å². The van der Waals surface area contributed by atoms with Crippen LogP contribution >= 0.6 is 0 Å². The van der Waals surface area contributed by atoms with Crippen LogP contribution in [0.3, 0.4) is 0 Å². The van der Waals surface area contributed by atoms with Crippen LogP contribution in [0.4, 0.5) is 4.39 Å². The van der Waals surface area contributed by atoms with Gasteiger partial charge >= 0.3 is 0 Å². The first kappa shape index (κ1) is 24.4. The molecule has 1 saturated heterocycles. The fourth-order valence-corrected chi connectivity index (χ4v) is 5.47. The minimum Gasteiger partial charge on any atom is -0.342 e. The van der Waals surface area contributed by atoms with E-state index < -0.39 is 17.8 Å². The molecule has 0 unspecified atom stereocenters. The molecule has 2 aliphatic carbocycles. The first-order valence-electron chi connectivity index (χ1n) is 12.7. The monoisotopic (exact) mass is 468 g/mol. The number of nitrogens with one attached hydrogen (secondary N) is 1. The maximum atomic E-state index is 15.7. The first-order chi connectivity index (χ1) is 16.4. The van der Waals surface area contributed by atoms with Crippen LogP contribution in [0.1, 0.15) is 88.5 Å². The molecule has 1 heterocycles. The zero-order valence-corrected chi connectivity index (χ0v) is 20.2. The van der Waals surface area contributed by atoms with Crippen LogP contribution in [0.2, 0.25) is 0 Å². The normalized spacial score (nSPS) is 21.6. The van der Waals surface area contributed by atoms with Crippen LogP contribution in [0.15, 0.2) is 35.6 Å². The molecule has 1 aromatic carbocycles. The van der Waals surface area contributed by atoms with E-state index in [1.54, 1.807) is 17.0 Å². The second-order valence-corrected chi connectivity index (χ2v) is 10.2. The quantitative estimate of drug-likeness (QED) is 0.562. The van der Waals surface area contributed by atoms with E-state index in [9.17, 15) is 14.4 Å². The van der Waals surface area contributed by atoms with Crippen LogP contribution < -0.4 is 5.32 Å². The van der Waals surface area contributed by atoms with Crippen molar-refractivity contribution in [3.63, 3.8) is 0 Å². The number of piperidine rings is 1. The van der Waals surface area contributed by atoms with Gasteiger partial charge in [0.05, 0.1) is 17.2 Å². The molecule has 4 rings (SSSR count). The molecule has 1 aromatic rings. The minimum atomic E-state index is -0.581. The second kappa shape index (κ2) is 10.7. The van der Waals surface area contributed by atoms with Gasteiger partial charge in [-0.05, 0) is 49.3 Å². The van der Waals surface area contributed by atoms with E-state index in [4.69, 9.17) is 0 Å². The highest BCUT2D eigenvalue weighted by Gasteiger charge is 2.34. The Kier molecular flexibility index (Phi) is 7.67. The Labute approximate surface area is 203 Å². The van der Waals surface area contributed by atoms with E-state index >= 15 is 4.39 Å². The molecule has 5 nitrogen and oxygen atoms in total. The van der Waals surface area contributed by atoms with Gasteiger partial charge in [0.15, 0.2) is 5.78 Å². The van der Waals surface area contributed by atoms with Crippen molar-refractivity contribution in [2.24, 2.45) is 11.8 Å². The summed E-state index contributed by atoms with van der Waals surface area (Å²) in [4.78, 5) is 40.5. The summed E-state index contributed by atoms with van der Waals surface area (Å²) in [7, 11) is 0. The number of nitrogens with zero attached hydrogens (tertiary/aromatic N) is 1. The van der Waals surface area contributed by atoms with Crippen LogP contribution in [0.25, 0.3) is 0 Å². The standard InChI is InChI=1S/C28H35FN2O3.H2/c1-18(2)26(32)25(19-9-4-3-5-10-19)30-27(33)23-15-7-14-22(24(23)29)21-13-8-16-31(17-21)28(34)20-11-6-12-20;/h6-7,14-15,18-19,21,25H,3-5,8-11,13,16-17H2,1-2H3,(H,30,33);1H/t21-,25-;/m1./s1. The average Bonchev–Trinajstić information content (AvgIpc) is 2.81. The number of likely N-dealkylation sites (tertiary alicyclic amines) is 1. The van der Waals surface area contributed by atoms with Gasteiger partial charge in [0.2, 0.25) is 0 Å². The lowest BCUT2D eigenvalue weighted by atomic mass is 9.80. The number of hydrogen-bond donors (Lipinski definition) is 1. The number of rotatable bonds is 7. The highest BCUT2D eigenvalue weighted by atomic mass is 19.1. The lowest BCUT2D eigenvalue weighted by Crippen LogP contribution is -2.48. The van der Waals surface area contributed by atoms with Crippen molar-refractivity contribution in [2.45, 2.75) is 77.2 Å². The maximum Gasteiger partial charge on any atom is 0.257 e. The smallest absolute Gasteiger partial charge is 0.257 e. The van der Waals surface area contributed by atoms with E-state index in [-0.39, 0.29) is 36.4 Å². The minimum absolute atomic E-state index is 0. The van der Waals surface area contributed by atoms with E-state index in [0.717, 1.165) is 44.9 Å². The Hall–Kier alpha value is -2.72. The van der Waals surface area contributed by atoms with Crippen LogP contribution in [-0.4, -0.2) is 41.6 Å². The molecule has 2 fully saturated rings. The zero-order valence-electron chi connectivity index (χ0n) is 20.2. The van der Waals surface area contributed by atoms with Gasteiger partial charge in [0.1, 0.15) is 5.82 Å². The van der Waals surface area contributed by atoms with Crippen LogP contribution in [-0.2, 0) is 9.59 Å². The number of carbonyl (C=O) groups excluding carboxylic acids is 3. The van der Waals surface area contributed by atoms with Gasteiger partial charge < -0.3 is 10.2 Å². The summed E-state index contributed by atoms with van der Waals surface area (Å²) in [6, 6.07) is 4.32. The van der Waals surface area contributed by atoms with E-state index in [1.165, 1.54) is 6.07 Å². The molecule has 1 N–H and O–H groups in total. The van der Waals surface area contributed by atoms with Crippen molar-refractivity contribution in [3.8, 4) is 0 Å². The summed E-state index contributed by atoms with van der Waals surface area (Å²) in [5.41, 5.74) is 4.06. The van der Waals surface area contributed by atoms with Crippen molar-refractivity contribution >= 4 is 17.6 Å². The van der Waals surface area contributed by atoms with Crippen LogP contribution in [0, 0.1) is 17.7 Å². The van der Waals surface area contributed by atoms with Crippen LogP contribution in [0.5, 0.6) is 0 Å². The molecule has 2 amide bonds. The summed E-state index contributed by atoms with van der Waals surface area (Å²) >= 11 is 0. The summed E-state index contributed by atoms with van der Waals surface area (Å²) in [5.74, 6) is -1.34. The van der Waals surface area contributed by atoms with Crippen molar-refractivity contribution in [1.29, 1.82) is 0 Å². The first-order valence-corrected chi connectivity index (χ1v) is 12.7. The molecular formula is C28H37FN2O3. The third-order valence-electron chi connectivity index (χ3n) is 7.55. The Morgan fingerprint density at radius 2 is 1.85 bits per heavy atom. The number of hydrogen-bond acceptors (Lipinski definition) is 3. The summed E-state index contributed by atoms with van der Waals surface area (Å²) < 4.78 is 15.7. The van der Waals surface area contributed by atoms with E-state index in [0.29, 0.717) is 30.6 Å². The van der Waals surface area contributed by atoms with Gasteiger partial charge in [-0.25, -0.2) is 4.39 Å². The highest BCUT2D eigenvalue weighted by Crippen LogP contribution is 2.32. The Balaban J connectivity index is 0.00000342. The lowest BCUT2D eigenvalue weighted by molar-refractivity contribution is -0.128. The van der Waals surface area contributed by atoms with Crippen molar-refractivity contribution in [2.75, 3.05) is 13.1 Å². The Morgan fingerprint density at radius 1 is 1.12 bits per heavy atom. The average molecular weight is 469 g/mol. The van der Waals surface area contributed by atoms with Crippen molar-refractivity contribution in [3.05, 3.63) is 52.5 Å². The molecular weight excluding hydrogens is 431 g/mol. The fraction of sp³-hybridized carbons (Fsp3) is 0.571. The predicted molar refractivity (Wildman–Crippen MR) is 131 cm³/mol. The number of amides is 2. The fourth-order valence-electron chi connectivity index (χ4n) is 5.47. The molecule has 0 bridgehead atoms. The molecule has 184 valence electrons. The number of Topliss-reactive ketones (excluding diaryl/α,β-unsaturated/α-hetero) is 1. The third-order valence-corrected chi connectivity index (χ3v) is 7.55. The second-order valence-electron chi connectivity index (χ2n) is 10.2. The molecule has 0 radical (unpaired) electrons. The number of benzene rings is 1. The Bertz CT molecular complexity index is 1030. The molecule has 0 spiro atoms. The SMILES string of the molecule is CC(C)C(=O)[C@H](NC(=O)c1cccc([C@@H]2CCCN(C(=O)C3=C=CC3)C2)c1F)C1CCCCC1.[HH]. The lowest BCUT2D eigenvalue weighted by Gasteiger charge is -2.34.